The maximum atomic E-state index is 13.7. The number of rotatable bonds is 4. The molecule has 0 saturated carbocycles. The SMILES string of the molecule is Cc1cccc(CNc2ccc3c(c2)-c2cn(C)c4c(=O)[nH]cc(c24)CN3c2ccc(F)cc2)n1. The van der Waals surface area contributed by atoms with Crippen LogP contribution in [0.5, 0.6) is 0 Å². The fourth-order valence-corrected chi connectivity index (χ4v) is 4.94. The van der Waals surface area contributed by atoms with Gasteiger partial charge in [-0.3, -0.25) is 9.78 Å². The zero-order valence-electron chi connectivity index (χ0n) is 19.5. The molecule has 0 amide bonds. The van der Waals surface area contributed by atoms with E-state index in [1.165, 1.54) is 12.1 Å². The first-order valence-corrected chi connectivity index (χ1v) is 11.5. The molecule has 1 aliphatic heterocycles. The third-order valence-corrected chi connectivity index (χ3v) is 6.56. The Morgan fingerprint density at radius 2 is 1.91 bits per heavy atom. The van der Waals surface area contributed by atoms with Crippen molar-refractivity contribution in [3.8, 4) is 11.1 Å². The van der Waals surface area contributed by atoms with Crippen LogP contribution in [0.15, 0.2) is 77.9 Å². The molecule has 6 nitrogen and oxygen atoms in total. The van der Waals surface area contributed by atoms with Gasteiger partial charge in [0.05, 0.1) is 18.8 Å². The predicted octanol–water partition coefficient (Wildman–Crippen LogP) is 5.64. The second kappa shape index (κ2) is 8.13. The minimum absolute atomic E-state index is 0.117. The first-order chi connectivity index (χ1) is 17.0. The average Bonchev–Trinajstić information content (AvgIpc) is 3.15. The first kappa shape index (κ1) is 21.2. The second-order valence-corrected chi connectivity index (χ2v) is 8.94. The Kier molecular flexibility index (Phi) is 4.91. The number of halogens is 1. The molecule has 35 heavy (non-hydrogen) atoms. The summed E-state index contributed by atoms with van der Waals surface area (Å²) in [5.41, 5.74) is 8.32. The Bertz CT molecular complexity index is 1630. The molecule has 5 aromatic rings. The van der Waals surface area contributed by atoms with Crippen LogP contribution in [0.4, 0.5) is 21.5 Å². The van der Waals surface area contributed by atoms with Crippen molar-refractivity contribution in [3.05, 3.63) is 106 Å². The Morgan fingerprint density at radius 1 is 1.09 bits per heavy atom. The van der Waals surface area contributed by atoms with Gasteiger partial charge in [-0.2, -0.15) is 0 Å². The molecule has 2 N–H and O–H groups in total. The molecular weight excluding hydrogens is 441 g/mol. The number of hydrogen-bond donors (Lipinski definition) is 2. The molecule has 0 unspecified atom stereocenters. The molecule has 174 valence electrons. The minimum Gasteiger partial charge on any atom is -0.379 e. The number of H-pyrrole nitrogens is 1. The number of anilines is 3. The normalized spacial score (nSPS) is 12.5. The van der Waals surface area contributed by atoms with Gasteiger partial charge < -0.3 is 19.8 Å². The summed E-state index contributed by atoms with van der Waals surface area (Å²) < 4.78 is 15.6. The molecule has 1 aliphatic rings. The third kappa shape index (κ3) is 3.65. The Labute approximate surface area is 201 Å². The molecule has 2 aromatic carbocycles. The standard InChI is InChI=1S/C28H24FN5O/c1-17-4-3-5-21(32-17)14-30-20-8-11-25-23(12-20)24-16-33(2)27-26(24)18(13-31-28(27)35)15-34(25)22-9-6-19(29)7-10-22/h3-13,16,30H,14-15H2,1-2H3,(H,31,35). The van der Waals surface area contributed by atoms with Crippen molar-refractivity contribution in [3.63, 3.8) is 0 Å². The van der Waals surface area contributed by atoms with Crippen LogP contribution in [0.3, 0.4) is 0 Å². The van der Waals surface area contributed by atoms with Gasteiger partial charge in [0.25, 0.3) is 5.56 Å². The maximum absolute atomic E-state index is 13.7. The van der Waals surface area contributed by atoms with Crippen LogP contribution in [0.1, 0.15) is 17.0 Å². The smallest absolute Gasteiger partial charge is 0.272 e. The lowest BCUT2D eigenvalue weighted by molar-refractivity contribution is 0.627. The fraction of sp³-hybridized carbons (Fsp3) is 0.143. The Balaban J connectivity index is 1.51. The summed E-state index contributed by atoms with van der Waals surface area (Å²) in [6, 6.07) is 18.8. The zero-order valence-corrected chi connectivity index (χ0v) is 19.5. The highest BCUT2D eigenvalue weighted by Crippen LogP contribution is 2.44. The zero-order chi connectivity index (χ0) is 24.1. The van der Waals surface area contributed by atoms with Gasteiger partial charge in [-0.1, -0.05) is 6.07 Å². The lowest BCUT2D eigenvalue weighted by Crippen LogP contribution is -2.18. The highest BCUT2D eigenvalue weighted by atomic mass is 19.1. The number of fused-ring (bicyclic) bond motifs is 2. The van der Waals surface area contributed by atoms with E-state index in [4.69, 9.17) is 0 Å². The highest BCUT2D eigenvalue weighted by Gasteiger charge is 2.26. The fourth-order valence-electron chi connectivity index (χ4n) is 4.94. The van der Waals surface area contributed by atoms with Crippen molar-refractivity contribution in [2.45, 2.75) is 20.0 Å². The molecule has 4 heterocycles. The van der Waals surface area contributed by atoms with Gasteiger partial charge in [0.15, 0.2) is 0 Å². The lowest BCUT2D eigenvalue weighted by Gasteiger charge is -2.26. The van der Waals surface area contributed by atoms with Crippen LogP contribution in [0, 0.1) is 12.7 Å². The van der Waals surface area contributed by atoms with E-state index >= 15 is 0 Å². The van der Waals surface area contributed by atoms with Crippen molar-refractivity contribution in [2.75, 3.05) is 10.2 Å². The van der Waals surface area contributed by atoms with Gasteiger partial charge in [0.1, 0.15) is 11.3 Å². The molecule has 0 saturated heterocycles. The third-order valence-electron chi connectivity index (χ3n) is 6.56. The Hall–Kier alpha value is -4.39. The van der Waals surface area contributed by atoms with Crippen LogP contribution in [-0.2, 0) is 20.1 Å². The molecule has 0 spiro atoms. The largest absolute Gasteiger partial charge is 0.379 e. The lowest BCUT2D eigenvalue weighted by atomic mass is 10.0. The van der Waals surface area contributed by atoms with Gasteiger partial charge in [-0.05, 0) is 67.1 Å². The van der Waals surface area contributed by atoms with Crippen molar-refractivity contribution in [2.24, 2.45) is 7.05 Å². The predicted molar refractivity (Wildman–Crippen MR) is 138 cm³/mol. The summed E-state index contributed by atoms with van der Waals surface area (Å²) in [4.78, 5) is 22.4. The van der Waals surface area contributed by atoms with Crippen molar-refractivity contribution in [1.29, 1.82) is 0 Å². The van der Waals surface area contributed by atoms with E-state index in [9.17, 15) is 9.18 Å². The number of pyridine rings is 2. The number of aromatic amines is 1. The van der Waals surface area contributed by atoms with E-state index in [2.05, 4.69) is 32.3 Å². The molecule has 0 aliphatic carbocycles. The molecule has 0 bridgehead atoms. The molecule has 0 fully saturated rings. The van der Waals surface area contributed by atoms with E-state index in [1.807, 2.05) is 49.0 Å². The van der Waals surface area contributed by atoms with Crippen LogP contribution in [0.25, 0.3) is 22.0 Å². The quantitative estimate of drug-likeness (QED) is 0.361. The summed E-state index contributed by atoms with van der Waals surface area (Å²) in [6.45, 7) is 3.13. The van der Waals surface area contributed by atoms with E-state index in [0.29, 0.717) is 18.6 Å². The molecule has 7 heteroatoms. The molecular formula is C28H24FN5O. The number of aryl methyl sites for hydroxylation is 2. The van der Waals surface area contributed by atoms with Crippen molar-refractivity contribution >= 4 is 28.0 Å². The van der Waals surface area contributed by atoms with Gasteiger partial charge in [-0.25, -0.2) is 4.39 Å². The Morgan fingerprint density at radius 3 is 2.71 bits per heavy atom. The molecule has 6 rings (SSSR count). The monoisotopic (exact) mass is 465 g/mol. The highest BCUT2D eigenvalue weighted by molar-refractivity contribution is 6.03. The number of hydrogen-bond acceptors (Lipinski definition) is 4. The van der Waals surface area contributed by atoms with Crippen molar-refractivity contribution in [1.82, 2.24) is 14.5 Å². The van der Waals surface area contributed by atoms with Crippen LogP contribution in [-0.4, -0.2) is 14.5 Å². The summed E-state index contributed by atoms with van der Waals surface area (Å²) in [7, 11) is 1.90. The van der Waals surface area contributed by atoms with Crippen LogP contribution < -0.4 is 15.8 Å². The summed E-state index contributed by atoms with van der Waals surface area (Å²) >= 11 is 0. The number of nitrogens with zero attached hydrogens (tertiary/aromatic N) is 3. The van der Waals surface area contributed by atoms with Gasteiger partial charge in [0.2, 0.25) is 0 Å². The number of aromatic nitrogens is 3. The average molecular weight is 466 g/mol. The topological polar surface area (TPSA) is 66.0 Å². The van der Waals surface area contributed by atoms with Gasteiger partial charge in [-0.15, -0.1) is 0 Å². The second-order valence-electron chi connectivity index (χ2n) is 8.94. The van der Waals surface area contributed by atoms with E-state index < -0.39 is 0 Å². The summed E-state index contributed by atoms with van der Waals surface area (Å²) in [5.74, 6) is -0.275. The van der Waals surface area contributed by atoms with E-state index in [1.54, 1.807) is 18.3 Å². The first-order valence-electron chi connectivity index (χ1n) is 11.5. The molecule has 0 atom stereocenters. The van der Waals surface area contributed by atoms with Gasteiger partial charge in [0, 0.05) is 58.7 Å². The van der Waals surface area contributed by atoms with Crippen LogP contribution in [0.2, 0.25) is 0 Å². The summed E-state index contributed by atoms with van der Waals surface area (Å²) in [5, 5.41) is 4.43. The van der Waals surface area contributed by atoms with Crippen molar-refractivity contribution < 1.29 is 4.39 Å². The van der Waals surface area contributed by atoms with E-state index in [0.717, 1.165) is 50.5 Å². The van der Waals surface area contributed by atoms with Crippen LogP contribution >= 0.6 is 0 Å². The number of nitrogens with one attached hydrogen (secondary N) is 2. The summed E-state index contributed by atoms with van der Waals surface area (Å²) in [6.07, 6.45) is 3.81. The van der Waals surface area contributed by atoms with E-state index in [-0.39, 0.29) is 11.4 Å². The minimum atomic E-state index is -0.275. The molecule has 0 radical (unpaired) electrons. The molecule has 3 aromatic heterocycles. The number of benzene rings is 2. The maximum Gasteiger partial charge on any atom is 0.272 e. The van der Waals surface area contributed by atoms with Gasteiger partial charge >= 0.3 is 0 Å².